The Morgan fingerprint density at radius 1 is 0.885 bits per heavy atom. The number of methoxy groups -OCH3 is 1. The summed E-state index contributed by atoms with van der Waals surface area (Å²) in [6.45, 7) is 2.66. The molecule has 136 valence electrons. The number of hydrogen-bond acceptors (Lipinski definition) is 5. The molecule has 0 spiro atoms. The average Bonchev–Trinajstić information content (AvgIpc) is 2.61. The van der Waals surface area contributed by atoms with Crippen LogP contribution >= 0.6 is 0 Å². The van der Waals surface area contributed by atoms with Crippen molar-refractivity contribution in [1.82, 2.24) is 0 Å². The molecule has 0 bridgehead atoms. The van der Waals surface area contributed by atoms with Crippen molar-refractivity contribution in [2.75, 3.05) is 24.4 Å². The van der Waals surface area contributed by atoms with E-state index in [0.29, 0.717) is 28.4 Å². The Hall–Kier alpha value is -3.35. The lowest BCUT2D eigenvalue weighted by Crippen LogP contribution is -2.20. The van der Waals surface area contributed by atoms with Crippen LogP contribution in [0.25, 0.3) is 0 Å². The van der Waals surface area contributed by atoms with E-state index in [-0.39, 0.29) is 24.2 Å². The van der Waals surface area contributed by atoms with Crippen LogP contribution in [0.2, 0.25) is 0 Å². The number of carbonyl (C=O) groups is 3. The number of Topliss-reactive ketones (excluding diaryl/α,β-unsaturated/α-hetero) is 1. The second-order valence-corrected chi connectivity index (χ2v) is 5.52. The van der Waals surface area contributed by atoms with E-state index in [4.69, 9.17) is 9.47 Å². The fraction of sp³-hybridized carbons (Fsp3) is 0.211. The molecule has 0 fully saturated rings. The largest absolute Gasteiger partial charge is 0.493 e. The highest BCUT2D eigenvalue weighted by Gasteiger charge is 2.10. The smallest absolute Gasteiger partial charge is 0.262 e. The summed E-state index contributed by atoms with van der Waals surface area (Å²) in [5.74, 6) is 0.143. The van der Waals surface area contributed by atoms with Crippen molar-refractivity contribution in [1.29, 1.82) is 0 Å². The fourth-order valence-corrected chi connectivity index (χ4v) is 2.19. The SMILES string of the molecule is COc1cc(C(C)=O)ccc1OCC(=O)Nc1ccc(NC(C)=O)cc1. The highest BCUT2D eigenvalue weighted by molar-refractivity contribution is 5.95. The third kappa shape index (κ3) is 5.34. The van der Waals surface area contributed by atoms with E-state index in [9.17, 15) is 14.4 Å². The van der Waals surface area contributed by atoms with Gasteiger partial charge in [-0.3, -0.25) is 14.4 Å². The molecule has 0 aliphatic carbocycles. The van der Waals surface area contributed by atoms with Crippen LogP contribution in [0, 0.1) is 0 Å². The zero-order valence-corrected chi connectivity index (χ0v) is 14.8. The molecule has 2 aromatic rings. The van der Waals surface area contributed by atoms with Gasteiger partial charge in [-0.15, -0.1) is 0 Å². The van der Waals surface area contributed by atoms with Gasteiger partial charge >= 0.3 is 0 Å². The highest BCUT2D eigenvalue weighted by Crippen LogP contribution is 2.28. The Kier molecular flexibility index (Phi) is 6.32. The minimum absolute atomic E-state index is 0.0877. The van der Waals surface area contributed by atoms with E-state index in [1.54, 1.807) is 42.5 Å². The normalized spacial score (nSPS) is 9.96. The Labute approximate surface area is 151 Å². The van der Waals surface area contributed by atoms with Crippen LogP contribution in [-0.4, -0.2) is 31.3 Å². The molecule has 7 nitrogen and oxygen atoms in total. The monoisotopic (exact) mass is 356 g/mol. The van der Waals surface area contributed by atoms with Crippen LogP contribution in [0.5, 0.6) is 11.5 Å². The Morgan fingerprint density at radius 2 is 1.50 bits per heavy atom. The second kappa shape index (κ2) is 8.66. The van der Waals surface area contributed by atoms with Gasteiger partial charge in [0.15, 0.2) is 23.9 Å². The van der Waals surface area contributed by atoms with Gasteiger partial charge in [0.05, 0.1) is 7.11 Å². The summed E-state index contributed by atoms with van der Waals surface area (Å²) in [5, 5.41) is 5.33. The van der Waals surface area contributed by atoms with E-state index in [2.05, 4.69) is 10.6 Å². The number of amides is 2. The number of hydrogen-bond donors (Lipinski definition) is 2. The first-order chi connectivity index (χ1) is 12.4. The fourth-order valence-electron chi connectivity index (χ4n) is 2.19. The molecule has 0 aliphatic rings. The molecule has 7 heteroatoms. The lowest BCUT2D eigenvalue weighted by Gasteiger charge is -2.12. The molecule has 2 N–H and O–H groups in total. The van der Waals surface area contributed by atoms with Crippen molar-refractivity contribution in [3.8, 4) is 11.5 Å². The summed E-state index contributed by atoms with van der Waals surface area (Å²) in [5.41, 5.74) is 1.71. The average molecular weight is 356 g/mol. The molecule has 0 aromatic heterocycles. The zero-order chi connectivity index (χ0) is 19.1. The molecule has 2 amide bonds. The maximum absolute atomic E-state index is 12.0. The van der Waals surface area contributed by atoms with E-state index < -0.39 is 0 Å². The van der Waals surface area contributed by atoms with Crippen molar-refractivity contribution < 1.29 is 23.9 Å². The molecule has 0 saturated heterocycles. The van der Waals surface area contributed by atoms with Gasteiger partial charge in [-0.05, 0) is 49.4 Å². The van der Waals surface area contributed by atoms with Gasteiger partial charge in [-0.25, -0.2) is 0 Å². The second-order valence-electron chi connectivity index (χ2n) is 5.52. The zero-order valence-electron chi connectivity index (χ0n) is 14.8. The molecular weight excluding hydrogens is 336 g/mol. The van der Waals surface area contributed by atoms with Gasteiger partial charge < -0.3 is 20.1 Å². The lowest BCUT2D eigenvalue weighted by molar-refractivity contribution is -0.118. The van der Waals surface area contributed by atoms with E-state index in [1.165, 1.54) is 21.0 Å². The molecule has 0 aliphatic heterocycles. The number of carbonyl (C=O) groups excluding carboxylic acids is 3. The number of rotatable bonds is 7. The van der Waals surface area contributed by atoms with Crippen molar-refractivity contribution in [2.24, 2.45) is 0 Å². The summed E-state index contributed by atoms with van der Waals surface area (Å²) in [4.78, 5) is 34.4. The standard InChI is InChI=1S/C19H20N2O5/c1-12(22)14-4-9-17(18(10-14)25-3)26-11-19(24)21-16-7-5-15(6-8-16)20-13(2)23/h4-10H,11H2,1-3H3,(H,20,23)(H,21,24). The number of ether oxygens (including phenoxy) is 2. The summed E-state index contributed by atoms with van der Waals surface area (Å²) >= 11 is 0. The molecule has 2 aromatic carbocycles. The first-order valence-electron chi connectivity index (χ1n) is 7.88. The minimum atomic E-state index is -0.352. The van der Waals surface area contributed by atoms with E-state index in [1.807, 2.05) is 0 Å². The predicted molar refractivity (Wildman–Crippen MR) is 97.9 cm³/mol. The molecular formula is C19H20N2O5. The van der Waals surface area contributed by atoms with Gasteiger partial charge in [-0.2, -0.15) is 0 Å². The predicted octanol–water partition coefficient (Wildman–Crippen LogP) is 2.87. The number of benzene rings is 2. The third-order valence-electron chi connectivity index (χ3n) is 3.42. The van der Waals surface area contributed by atoms with Crippen LogP contribution < -0.4 is 20.1 Å². The van der Waals surface area contributed by atoms with Gasteiger partial charge in [-0.1, -0.05) is 0 Å². The Bertz CT molecular complexity index is 815. The van der Waals surface area contributed by atoms with Crippen molar-refractivity contribution >= 4 is 29.0 Å². The Balaban J connectivity index is 1.94. The molecule has 0 radical (unpaired) electrons. The molecule has 0 heterocycles. The van der Waals surface area contributed by atoms with Crippen molar-refractivity contribution in [2.45, 2.75) is 13.8 Å². The summed E-state index contributed by atoms with van der Waals surface area (Å²) in [6, 6.07) is 11.5. The molecule has 0 atom stereocenters. The first-order valence-corrected chi connectivity index (χ1v) is 7.88. The topological polar surface area (TPSA) is 93.7 Å². The van der Waals surface area contributed by atoms with Gasteiger partial charge in [0.2, 0.25) is 5.91 Å². The number of anilines is 2. The van der Waals surface area contributed by atoms with Gasteiger partial charge in [0, 0.05) is 23.9 Å². The minimum Gasteiger partial charge on any atom is -0.493 e. The van der Waals surface area contributed by atoms with Gasteiger partial charge in [0.1, 0.15) is 0 Å². The quantitative estimate of drug-likeness (QED) is 0.744. The van der Waals surface area contributed by atoms with Crippen LogP contribution in [0.1, 0.15) is 24.2 Å². The third-order valence-corrected chi connectivity index (χ3v) is 3.42. The van der Waals surface area contributed by atoms with Gasteiger partial charge in [0.25, 0.3) is 5.91 Å². The van der Waals surface area contributed by atoms with E-state index >= 15 is 0 Å². The molecule has 26 heavy (non-hydrogen) atoms. The first kappa shape index (κ1) is 19.0. The molecule has 2 rings (SSSR count). The maximum Gasteiger partial charge on any atom is 0.262 e. The van der Waals surface area contributed by atoms with E-state index in [0.717, 1.165) is 0 Å². The lowest BCUT2D eigenvalue weighted by atomic mass is 10.1. The van der Waals surface area contributed by atoms with Crippen LogP contribution in [0.4, 0.5) is 11.4 Å². The summed E-state index contributed by atoms with van der Waals surface area (Å²) in [6.07, 6.45) is 0. The van der Waals surface area contributed by atoms with Crippen molar-refractivity contribution in [3.63, 3.8) is 0 Å². The molecule has 0 unspecified atom stereocenters. The van der Waals surface area contributed by atoms with Crippen LogP contribution in [-0.2, 0) is 9.59 Å². The summed E-state index contributed by atoms with van der Waals surface area (Å²) in [7, 11) is 1.46. The summed E-state index contributed by atoms with van der Waals surface area (Å²) < 4.78 is 10.7. The maximum atomic E-state index is 12.0. The van der Waals surface area contributed by atoms with Crippen molar-refractivity contribution in [3.05, 3.63) is 48.0 Å². The molecule has 0 saturated carbocycles. The Morgan fingerprint density at radius 3 is 2.04 bits per heavy atom. The number of nitrogens with one attached hydrogen (secondary N) is 2. The van der Waals surface area contributed by atoms with Crippen LogP contribution in [0.3, 0.4) is 0 Å². The number of ketones is 1. The van der Waals surface area contributed by atoms with Crippen LogP contribution in [0.15, 0.2) is 42.5 Å². The highest BCUT2D eigenvalue weighted by atomic mass is 16.5.